The Bertz CT molecular complexity index is 441. The van der Waals surface area contributed by atoms with Crippen molar-refractivity contribution in [1.82, 2.24) is 4.98 Å². The molecule has 0 aliphatic carbocycles. The van der Waals surface area contributed by atoms with Crippen molar-refractivity contribution >= 4 is 21.9 Å². The smallest absolute Gasteiger partial charge is 0.311 e. The molecule has 1 heterocycles. The summed E-state index contributed by atoms with van der Waals surface area (Å²) >= 11 is 3.16. The number of aromatic nitrogens is 1. The standard InChI is InChI=1S/C11H12BrF2NO3/c1-3-18-9(16)5-7-6(12)4-8(17-2)10(15-7)11(13)14/h4,11H,3,5H2,1-2H3. The lowest BCUT2D eigenvalue weighted by Gasteiger charge is -2.11. The highest BCUT2D eigenvalue weighted by Gasteiger charge is 2.20. The maximum Gasteiger partial charge on any atom is 0.311 e. The lowest BCUT2D eigenvalue weighted by Crippen LogP contribution is -2.11. The van der Waals surface area contributed by atoms with Crippen LogP contribution in [0.3, 0.4) is 0 Å². The van der Waals surface area contributed by atoms with Crippen LogP contribution in [0.4, 0.5) is 8.78 Å². The van der Waals surface area contributed by atoms with Crippen molar-refractivity contribution in [3.8, 4) is 5.75 Å². The molecule has 0 aliphatic heterocycles. The molecular weight excluding hydrogens is 312 g/mol. The average molecular weight is 324 g/mol. The largest absolute Gasteiger partial charge is 0.495 e. The van der Waals surface area contributed by atoms with Crippen molar-refractivity contribution in [1.29, 1.82) is 0 Å². The second kappa shape index (κ2) is 6.63. The summed E-state index contributed by atoms with van der Waals surface area (Å²) in [5, 5.41) is 0. The molecule has 0 spiro atoms. The van der Waals surface area contributed by atoms with Gasteiger partial charge in [0.1, 0.15) is 11.4 Å². The molecule has 0 atom stereocenters. The van der Waals surface area contributed by atoms with Gasteiger partial charge in [0.05, 0.1) is 25.8 Å². The van der Waals surface area contributed by atoms with E-state index in [9.17, 15) is 13.6 Å². The minimum absolute atomic E-state index is 0.0236. The third-order valence-corrected chi connectivity index (χ3v) is 2.77. The van der Waals surface area contributed by atoms with Crippen molar-refractivity contribution < 1.29 is 23.0 Å². The Morgan fingerprint density at radius 1 is 1.56 bits per heavy atom. The summed E-state index contributed by atoms with van der Waals surface area (Å²) in [7, 11) is 1.28. The van der Waals surface area contributed by atoms with Gasteiger partial charge in [0, 0.05) is 4.47 Å². The maximum atomic E-state index is 12.7. The van der Waals surface area contributed by atoms with Crippen LogP contribution in [0.2, 0.25) is 0 Å². The van der Waals surface area contributed by atoms with Crippen LogP contribution in [0.15, 0.2) is 10.5 Å². The van der Waals surface area contributed by atoms with Gasteiger partial charge >= 0.3 is 5.97 Å². The van der Waals surface area contributed by atoms with E-state index in [1.807, 2.05) is 0 Å². The predicted octanol–water partition coefficient (Wildman–Crippen LogP) is 2.90. The van der Waals surface area contributed by atoms with Crippen LogP contribution in [-0.4, -0.2) is 24.7 Å². The Balaban J connectivity index is 3.05. The summed E-state index contributed by atoms with van der Waals surface area (Å²) in [4.78, 5) is 15.0. The molecule has 7 heteroatoms. The number of rotatable bonds is 5. The van der Waals surface area contributed by atoms with Gasteiger partial charge in [-0.25, -0.2) is 13.8 Å². The molecule has 0 aromatic carbocycles. The van der Waals surface area contributed by atoms with E-state index in [0.29, 0.717) is 4.47 Å². The molecule has 0 bridgehead atoms. The monoisotopic (exact) mass is 323 g/mol. The number of carbonyl (C=O) groups is 1. The number of pyridine rings is 1. The normalized spacial score (nSPS) is 10.6. The highest BCUT2D eigenvalue weighted by Crippen LogP contribution is 2.31. The molecule has 100 valence electrons. The SMILES string of the molecule is CCOC(=O)Cc1nc(C(F)F)c(OC)cc1Br. The van der Waals surface area contributed by atoms with Crippen molar-refractivity contribution in [2.24, 2.45) is 0 Å². The van der Waals surface area contributed by atoms with Crippen molar-refractivity contribution in [3.63, 3.8) is 0 Å². The third-order valence-electron chi connectivity index (χ3n) is 2.09. The van der Waals surface area contributed by atoms with Crippen molar-refractivity contribution in [2.75, 3.05) is 13.7 Å². The van der Waals surface area contributed by atoms with E-state index in [1.165, 1.54) is 13.2 Å². The molecule has 0 fully saturated rings. The average Bonchev–Trinajstić information content (AvgIpc) is 2.31. The number of hydrogen-bond donors (Lipinski definition) is 0. The summed E-state index contributed by atoms with van der Waals surface area (Å²) in [6, 6.07) is 1.36. The highest BCUT2D eigenvalue weighted by atomic mass is 79.9. The quantitative estimate of drug-likeness (QED) is 0.782. The Kier molecular flexibility index (Phi) is 5.46. The van der Waals surface area contributed by atoms with E-state index < -0.39 is 18.1 Å². The van der Waals surface area contributed by atoms with Crippen LogP contribution < -0.4 is 4.74 Å². The first-order valence-electron chi connectivity index (χ1n) is 5.16. The molecule has 0 N–H and O–H groups in total. The Morgan fingerprint density at radius 3 is 2.72 bits per heavy atom. The van der Waals surface area contributed by atoms with Crippen LogP contribution >= 0.6 is 15.9 Å². The zero-order valence-electron chi connectivity index (χ0n) is 9.87. The first-order chi connectivity index (χ1) is 8.49. The fraction of sp³-hybridized carbons (Fsp3) is 0.455. The summed E-state index contributed by atoms with van der Waals surface area (Å²) < 4.78 is 35.4. The second-order valence-electron chi connectivity index (χ2n) is 3.29. The van der Waals surface area contributed by atoms with Crippen molar-refractivity contribution in [3.05, 3.63) is 21.9 Å². The minimum Gasteiger partial charge on any atom is -0.495 e. The number of methoxy groups -OCH3 is 1. The van der Waals surface area contributed by atoms with Crippen LogP contribution in [0.1, 0.15) is 24.7 Å². The fourth-order valence-corrected chi connectivity index (χ4v) is 1.76. The predicted molar refractivity (Wildman–Crippen MR) is 63.8 cm³/mol. The number of alkyl halides is 2. The first kappa shape index (κ1) is 14.8. The zero-order chi connectivity index (χ0) is 13.7. The minimum atomic E-state index is -2.77. The Morgan fingerprint density at radius 2 is 2.22 bits per heavy atom. The molecule has 0 radical (unpaired) electrons. The van der Waals surface area contributed by atoms with Gasteiger partial charge in [-0.05, 0) is 28.9 Å². The molecule has 1 aromatic rings. The molecule has 0 saturated carbocycles. The number of ether oxygens (including phenoxy) is 2. The summed E-state index contributed by atoms with van der Waals surface area (Å²) in [5.41, 5.74) is -0.287. The third kappa shape index (κ3) is 3.63. The molecule has 0 saturated heterocycles. The van der Waals surface area contributed by atoms with Gasteiger partial charge in [-0.3, -0.25) is 4.79 Å². The number of carbonyl (C=O) groups excluding carboxylic acids is 1. The van der Waals surface area contributed by atoms with E-state index in [2.05, 4.69) is 20.9 Å². The Hall–Kier alpha value is -1.24. The molecular formula is C11H12BrF2NO3. The molecule has 0 unspecified atom stereocenters. The summed E-state index contributed by atoms with van der Waals surface area (Å²) in [5.74, 6) is -0.541. The van der Waals surface area contributed by atoms with Gasteiger partial charge < -0.3 is 9.47 Å². The molecule has 1 aromatic heterocycles. The lowest BCUT2D eigenvalue weighted by molar-refractivity contribution is -0.142. The van der Waals surface area contributed by atoms with Crippen molar-refractivity contribution in [2.45, 2.75) is 19.8 Å². The van der Waals surface area contributed by atoms with E-state index >= 15 is 0 Å². The molecule has 4 nitrogen and oxygen atoms in total. The number of hydrogen-bond acceptors (Lipinski definition) is 4. The van der Waals surface area contributed by atoms with Crippen LogP contribution in [0, 0.1) is 0 Å². The van der Waals surface area contributed by atoms with Crippen LogP contribution in [-0.2, 0) is 16.0 Å². The van der Waals surface area contributed by atoms with Gasteiger partial charge in [0.25, 0.3) is 6.43 Å². The number of esters is 1. The van der Waals surface area contributed by atoms with E-state index in [1.54, 1.807) is 6.92 Å². The Labute approximate surface area is 111 Å². The maximum absolute atomic E-state index is 12.7. The zero-order valence-corrected chi connectivity index (χ0v) is 11.5. The van der Waals surface area contributed by atoms with Gasteiger partial charge in [-0.1, -0.05) is 0 Å². The highest BCUT2D eigenvalue weighted by molar-refractivity contribution is 9.10. The number of nitrogens with zero attached hydrogens (tertiary/aromatic N) is 1. The van der Waals surface area contributed by atoms with Gasteiger partial charge in [0.2, 0.25) is 0 Å². The molecule has 0 amide bonds. The van der Waals surface area contributed by atoms with Crippen LogP contribution in [0.25, 0.3) is 0 Å². The van der Waals surface area contributed by atoms with E-state index in [-0.39, 0.29) is 24.5 Å². The molecule has 18 heavy (non-hydrogen) atoms. The van der Waals surface area contributed by atoms with Crippen LogP contribution in [0.5, 0.6) is 5.75 Å². The lowest BCUT2D eigenvalue weighted by atomic mass is 10.2. The van der Waals surface area contributed by atoms with Gasteiger partial charge in [0.15, 0.2) is 0 Å². The summed E-state index contributed by atoms with van der Waals surface area (Å²) in [6.45, 7) is 1.90. The first-order valence-corrected chi connectivity index (χ1v) is 5.96. The topological polar surface area (TPSA) is 48.4 Å². The van der Waals surface area contributed by atoms with Gasteiger partial charge in [-0.15, -0.1) is 0 Å². The van der Waals surface area contributed by atoms with E-state index in [4.69, 9.17) is 9.47 Å². The van der Waals surface area contributed by atoms with E-state index in [0.717, 1.165) is 0 Å². The molecule has 1 rings (SSSR count). The number of halogens is 3. The molecule has 0 aliphatic rings. The fourth-order valence-electron chi connectivity index (χ4n) is 1.32. The van der Waals surface area contributed by atoms with Gasteiger partial charge in [-0.2, -0.15) is 0 Å². The summed E-state index contributed by atoms with van der Waals surface area (Å²) in [6.07, 6.45) is -2.94. The second-order valence-corrected chi connectivity index (χ2v) is 4.14.